The average molecular weight is 279 g/mol. The average Bonchev–Trinajstić information content (AvgIpc) is 2.54. The van der Waals surface area contributed by atoms with E-state index in [1.165, 1.54) is 22.4 Å². The molecule has 108 valence electrons. The predicted octanol–water partition coefficient (Wildman–Crippen LogP) is 3.33. The highest BCUT2D eigenvalue weighted by Gasteiger charge is 2.40. The van der Waals surface area contributed by atoms with Gasteiger partial charge in [-0.15, -0.1) is 0 Å². The molecule has 0 saturated heterocycles. The van der Waals surface area contributed by atoms with Gasteiger partial charge in [0.15, 0.2) is 0 Å². The molecule has 4 rings (SSSR count). The highest BCUT2D eigenvalue weighted by Crippen LogP contribution is 2.36. The molecule has 2 heteroatoms. The first kappa shape index (κ1) is 12.9. The lowest BCUT2D eigenvalue weighted by Crippen LogP contribution is -2.52. The highest BCUT2D eigenvalue weighted by molar-refractivity contribution is 5.54. The van der Waals surface area contributed by atoms with E-state index in [1.807, 2.05) is 0 Å². The number of rotatable bonds is 1. The summed E-state index contributed by atoms with van der Waals surface area (Å²) in [6.07, 6.45) is 4.66. The maximum Gasteiger partial charge on any atom is 0.0891 e. The summed E-state index contributed by atoms with van der Waals surface area (Å²) in [7, 11) is 0. The van der Waals surface area contributed by atoms with E-state index < -0.39 is 5.60 Å². The lowest BCUT2D eigenvalue weighted by Gasteiger charge is -2.43. The Hall–Kier alpha value is -1.80. The van der Waals surface area contributed by atoms with Crippen LogP contribution in [0, 0.1) is 0 Å². The zero-order valence-electron chi connectivity index (χ0n) is 12.2. The molecular formula is C19H21NO. The molecule has 0 saturated carbocycles. The molecule has 0 amide bonds. The van der Waals surface area contributed by atoms with E-state index in [0.717, 1.165) is 32.1 Å². The number of aliphatic hydroxyl groups is 1. The van der Waals surface area contributed by atoms with Crippen molar-refractivity contribution in [1.82, 2.24) is 0 Å². The molecule has 2 aromatic carbocycles. The van der Waals surface area contributed by atoms with Crippen LogP contribution in [0.4, 0.5) is 5.69 Å². The van der Waals surface area contributed by atoms with Crippen molar-refractivity contribution in [2.45, 2.75) is 43.7 Å². The van der Waals surface area contributed by atoms with Gasteiger partial charge in [0.05, 0.1) is 11.6 Å². The third kappa shape index (κ3) is 2.24. The van der Waals surface area contributed by atoms with Crippen molar-refractivity contribution in [3.63, 3.8) is 0 Å². The van der Waals surface area contributed by atoms with Gasteiger partial charge >= 0.3 is 0 Å². The van der Waals surface area contributed by atoms with Gasteiger partial charge in [0.2, 0.25) is 0 Å². The highest BCUT2D eigenvalue weighted by atomic mass is 16.3. The lowest BCUT2D eigenvalue weighted by atomic mass is 9.74. The standard InChI is InChI=1S/C19H21NO/c21-19(12-11-14-5-1-2-7-16(14)13-19)18-10-9-15-6-3-4-8-17(15)20-18/h1-8,18,20-21H,9-13H2. The normalized spacial score (nSPS) is 27.4. The van der Waals surface area contributed by atoms with Gasteiger partial charge in [0.25, 0.3) is 0 Å². The lowest BCUT2D eigenvalue weighted by molar-refractivity contribution is 0.00427. The quantitative estimate of drug-likeness (QED) is 0.839. The Morgan fingerprint density at radius 1 is 0.905 bits per heavy atom. The smallest absolute Gasteiger partial charge is 0.0891 e. The van der Waals surface area contributed by atoms with E-state index in [4.69, 9.17) is 0 Å². The number of aryl methyl sites for hydroxylation is 2. The van der Waals surface area contributed by atoms with Crippen molar-refractivity contribution in [2.75, 3.05) is 5.32 Å². The SMILES string of the molecule is OC1(C2CCc3ccccc3N2)CCc2ccccc2C1. The first-order valence-corrected chi connectivity index (χ1v) is 7.88. The number of nitrogens with one attached hydrogen (secondary N) is 1. The maximum atomic E-state index is 11.2. The Balaban J connectivity index is 1.60. The Morgan fingerprint density at radius 3 is 2.48 bits per heavy atom. The van der Waals surface area contributed by atoms with E-state index in [0.29, 0.717) is 0 Å². The van der Waals surface area contributed by atoms with Crippen molar-refractivity contribution in [3.05, 3.63) is 65.2 Å². The molecule has 0 fully saturated rings. The number of anilines is 1. The summed E-state index contributed by atoms with van der Waals surface area (Å²) in [5, 5.41) is 14.8. The molecule has 2 unspecified atom stereocenters. The molecular weight excluding hydrogens is 258 g/mol. The van der Waals surface area contributed by atoms with Crippen molar-refractivity contribution in [3.8, 4) is 0 Å². The van der Waals surface area contributed by atoms with Crippen molar-refractivity contribution in [1.29, 1.82) is 0 Å². The Labute approximate surface area is 125 Å². The van der Waals surface area contributed by atoms with Crippen molar-refractivity contribution < 1.29 is 5.11 Å². The second kappa shape index (κ2) is 4.88. The molecule has 0 bridgehead atoms. The van der Waals surface area contributed by atoms with E-state index >= 15 is 0 Å². The summed E-state index contributed by atoms with van der Waals surface area (Å²) in [5.41, 5.74) is 4.65. The molecule has 2 aliphatic rings. The Kier molecular flexibility index (Phi) is 3.00. The summed E-state index contributed by atoms with van der Waals surface area (Å²) in [6.45, 7) is 0. The fourth-order valence-corrected chi connectivity index (χ4v) is 3.88. The molecule has 0 spiro atoms. The monoisotopic (exact) mass is 279 g/mol. The topological polar surface area (TPSA) is 32.3 Å². The first-order chi connectivity index (χ1) is 10.2. The minimum Gasteiger partial charge on any atom is -0.387 e. The van der Waals surface area contributed by atoms with Crippen LogP contribution >= 0.6 is 0 Å². The van der Waals surface area contributed by atoms with Crippen LogP contribution in [0.15, 0.2) is 48.5 Å². The Bertz CT molecular complexity index is 666. The summed E-state index contributed by atoms with van der Waals surface area (Å²) in [5.74, 6) is 0. The summed E-state index contributed by atoms with van der Waals surface area (Å²) in [6, 6.07) is 17.1. The largest absolute Gasteiger partial charge is 0.387 e. The van der Waals surface area contributed by atoms with Crippen LogP contribution in [0.3, 0.4) is 0 Å². The van der Waals surface area contributed by atoms with Crippen LogP contribution in [0.1, 0.15) is 29.5 Å². The van der Waals surface area contributed by atoms with Crippen LogP contribution in [0.25, 0.3) is 0 Å². The number of hydrogen-bond donors (Lipinski definition) is 2. The maximum absolute atomic E-state index is 11.2. The molecule has 21 heavy (non-hydrogen) atoms. The van der Waals surface area contributed by atoms with Gasteiger partial charge in [-0.2, -0.15) is 0 Å². The Morgan fingerprint density at radius 2 is 1.62 bits per heavy atom. The predicted molar refractivity (Wildman–Crippen MR) is 85.6 cm³/mol. The third-order valence-corrected chi connectivity index (χ3v) is 5.14. The fraction of sp³-hybridized carbons (Fsp3) is 0.368. The summed E-state index contributed by atoms with van der Waals surface area (Å²) in [4.78, 5) is 0. The van der Waals surface area contributed by atoms with Gasteiger partial charge in [-0.1, -0.05) is 42.5 Å². The minimum atomic E-state index is -0.623. The van der Waals surface area contributed by atoms with Gasteiger partial charge in [-0.3, -0.25) is 0 Å². The van der Waals surface area contributed by atoms with E-state index in [9.17, 15) is 5.11 Å². The van der Waals surface area contributed by atoms with Crippen LogP contribution in [-0.2, 0) is 19.3 Å². The van der Waals surface area contributed by atoms with Crippen LogP contribution in [0.5, 0.6) is 0 Å². The second-order valence-corrected chi connectivity index (χ2v) is 6.44. The van der Waals surface area contributed by atoms with Crippen LogP contribution in [-0.4, -0.2) is 16.7 Å². The van der Waals surface area contributed by atoms with E-state index in [1.54, 1.807) is 0 Å². The molecule has 0 radical (unpaired) electrons. The zero-order valence-corrected chi connectivity index (χ0v) is 12.2. The van der Waals surface area contributed by atoms with Gasteiger partial charge in [-0.25, -0.2) is 0 Å². The molecule has 2 aromatic rings. The molecule has 1 heterocycles. The van der Waals surface area contributed by atoms with Crippen LogP contribution in [0.2, 0.25) is 0 Å². The fourth-order valence-electron chi connectivity index (χ4n) is 3.88. The molecule has 1 aliphatic carbocycles. The first-order valence-electron chi connectivity index (χ1n) is 7.88. The third-order valence-electron chi connectivity index (χ3n) is 5.14. The molecule has 0 aromatic heterocycles. The van der Waals surface area contributed by atoms with Crippen LogP contribution < -0.4 is 5.32 Å². The summed E-state index contributed by atoms with van der Waals surface area (Å²) >= 11 is 0. The molecule has 2 atom stereocenters. The number of hydrogen-bond acceptors (Lipinski definition) is 2. The number of para-hydroxylation sites is 1. The number of benzene rings is 2. The zero-order chi connectivity index (χ0) is 14.3. The number of fused-ring (bicyclic) bond motifs is 2. The van der Waals surface area contributed by atoms with E-state index in [-0.39, 0.29) is 6.04 Å². The van der Waals surface area contributed by atoms with Gasteiger partial charge in [0, 0.05) is 12.1 Å². The minimum absolute atomic E-state index is 0.153. The molecule has 2 N–H and O–H groups in total. The second-order valence-electron chi connectivity index (χ2n) is 6.44. The summed E-state index contributed by atoms with van der Waals surface area (Å²) < 4.78 is 0. The van der Waals surface area contributed by atoms with Gasteiger partial charge < -0.3 is 10.4 Å². The van der Waals surface area contributed by atoms with Crippen molar-refractivity contribution in [2.24, 2.45) is 0 Å². The molecule has 2 nitrogen and oxygen atoms in total. The van der Waals surface area contributed by atoms with Crippen molar-refractivity contribution >= 4 is 5.69 Å². The van der Waals surface area contributed by atoms with Gasteiger partial charge in [-0.05, 0) is 48.4 Å². The van der Waals surface area contributed by atoms with Gasteiger partial charge in [0.1, 0.15) is 0 Å². The molecule has 1 aliphatic heterocycles. The van der Waals surface area contributed by atoms with E-state index in [2.05, 4.69) is 53.8 Å².